The molecule has 0 amide bonds. The third-order valence-electron chi connectivity index (χ3n) is 2.82. The highest BCUT2D eigenvalue weighted by Gasteiger charge is 2.00. The van der Waals surface area contributed by atoms with Gasteiger partial charge < -0.3 is 5.32 Å². The summed E-state index contributed by atoms with van der Waals surface area (Å²) >= 11 is 0. The van der Waals surface area contributed by atoms with Crippen LogP contribution in [0.1, 0.15) is 37.3 Å². The average Bonchev–Trinajstić information content (AvgIpc) is 2.34. The Morgan fingerprint density at radius 2 is 2.18 bits per heavy atom. The molecule has 0 aromatic heterocycles. The Hall–Kier alpha value is -1.50. The number of anilines is 1. The second-order valence-corrected chi connectivity index (χ2v) is 4.23. The van der Waals surface area contributed by atoms with Crippen LogP contribution in [0.25, 0.3) is 6.08 Å². The molecule has 1 rings (SSSR count). The van der Waals surface area contributed by atoms with Crippen LogP contribution >= 0.6 is 0 Å². The summed E-state index contributed by atoms with van der Waals surface area (Å²) in [5.41, 5.74) is 3.86. The van der Waals surface area contributed by atoms with Crippen LogP contribution in [0.2, 0.25) is 0 Å². The number of benzene rings is 1. The van der Waals surface area contributed by atoms with Gasteiger partial charge in [0, 0.05) is 12.2 Å². The SMILES string of the molecule is C=CC/C=C/c1cccc(NCCCC)c1C. The molecule has 17 heavy (non-hydrogen) atoms. The van der Waals surface area contributed by atoms with Gasteiger partial charge in [-0.15, -0.1) is 6.58 Å². The zero-order chi connectivity index (χ0) is 12.5. The van der Waals surface area contributed by atoms with E-state index in [2.05, 4.69) is 56.1 Å². The first-order chi connectivity index (χ1) is 8.29. The topological polar surface area (TPSA) is 12.0 Å². The van der Waals surface area contributed by atoms with Crippen LogP contribution in [0, 0.1) is 6.92 Å². The molecule has 92 valence electrons. The van der Waals surface area contributed by atoms with Crippen LogP contribution in [-0.2, 0) is 0 Å². The van der Waals surface area contributed by atoms with Crippen LogP contribution in [0.5, 0.6) is 0 Å². The van der Waals surface area contributed by atoms with E-state index in [4.69, 9.17) is 0 Å². The van der Waals surface area contributed by atoms with Crippen LogP contribution in [0.4, 0.5) is 5.69 Å². The molecule has 0 aliphatic rings. The quantitative estimate of drug-likeness (QED) is 0.523. The lowest BCUT2D eigenvalue weighted by molar-refractivity contribution is 0.833. The van der Waals surface area contributed by atoms with Gasteiger partial charge in [-0.25, -0.2) is 0 Å². The van der Waals surface area contributed by atoms with E-state index in [0.29, 0.717) is 0 Å². The van der Waals surface area contributed by atoms with Crippen molar-refractivity contribution in [1.29, 1.82) is 0 Å². The normalized spacial score (nSPS) is 10.7. The van der Waals surface area contributed by atoms with Gasteiger partial charge in [-0.05, 0) is 37.0 Å². The highest BCUT2D eigenvalue weighted by atomic mass is 14.9. The van der Waals surface area contributed by atoms with Gasteiger partial charge in [0.05, 0.1) is 0 Å². The number of rotatable bonds is 7. The number of hydrogen-bond acceptors (Lipinski definition) is 1. The number of unbranched alkanes of at least 4 members (excludes halogenated alkanes) is 1. The summed E-state index contributed by atoms with van der Waals surface area (Å²) in [4.78, 5) is 0. The second-order valence-electron chi connectivity index (χ2n) is 4.23. The maximum Gasteiger partial charge on any atom is 0.0375 e. The Morgan fingerprint density at radius 1 is 1.35 bits per heavy atom. The molecule has 0 aliphatic carbocycles. The van der Waals surface area contributed by atoms with Crippen LogP contribution in [-0.4, -0.2) is 6.54 Å². The Bertz CT molecular complexity index is 377. The highest BCUT2D eigenvalue weighted by molar-refractivity contribution is 5.64. The minimum atomic E-state index is 0.924. The molecule has 1 aromatic carbocycles. The van der Waals surface area contributed by atoms with Crippen molar-refractivity contribution >= 4 is 11.8 Å². The minimum absolute atomic E-state index is 0.924. The number of allylic oxidation sites excluding steroid dienone is 2. The predicted molar refractivity (Wildman–Crippen MR) is 78.4 cm³/mol. The first kappa shape index (κ1) is 13.6. The molecule has 1 N–H and O–H groups in total. The van der Waals surface area contributed by atoms with Crippen molar-refractivity contribution in [1.82, 2.24) is 0 Å². The molecule has 0 aliphatic heterocycles. The lowest BCUT2D eigenvalue weighted by Crippen LogP contribution is -2.02. The lowest BCUT2D eigenvalue weighted by atomic mass is 10.1. The van der Waals surface area contributed by atoms with Gasteiger partial charge >= 0.3 is 0 Å². The fraction of sp³-hybridized carbons (Fsp3) is 0.375. The monoisotopic (exact) mass is 229 g/mol. The molecule has 1 nitrogen and oxygen atoms in total. The van der Waals surface area contributed by atoms with Crippen molar-refractivity contribution in [2.24, 2.45) is 0 Å². The summed E-state index contributed by atoms with van der Waals surface area (Å²) in [6.45, 7) is 9.15. The summed E-state index contributed by atoms with van der Waals surface area (Å²) in [6, 6.07) is 6.41. The third kappa shape index (κ3) is 4.48. The van der Waals surface area contributed by atoms with E-state index in [1.807, 2.05) is 6.08 Å². The van der Waals surface area contributed by atoms with E-state index in [1.54, 1.807) is 0 Å². The summed E-state index contributed by atoms with van der Waals surface area (Å²) in [5.74, 6) is 0. The van der Waals surface area contributed by atoms with Crippen molar-refractivity contribution in [2.45, 2.75) is 33.1 Å². The average molecular weight is 229 g/mol. The predicted octanol–water partition coefficient (Wildman–Crippen LogP) is 4.80. The molecule has 0 unspecified atom stereocenters. The minimum Gasteiger partial charge on any atom is -0.385 e. The zero-order valence-corrected chi connectivity index (χ0v) is 11.0. The van der Waals surface area contributed by atoms with Gasteiger partial charge in [-0.3, -0.25) is 0 Å². The molecule has 0 atom stereocenters. The Labute approximate surface area is 105 Å². The van der Waals surface area contributed by atoms with Crippen molar-refractivity contribution < 1.29 is 0 Å². The van der Waals surface area contributed by atoms with E-state index in [1.165, 1.54) is 29.7 Å². The highest BCUT2D eigenvalue weighted by Crippen LogP contribution is 2.20. The van der Waals surface area contributed by atoms with Gasteiger partial charge in [0.15, 0.2) is 0 Å². The third-order valence-corrected chi connectivity index (χ3v) is 2.82. The summed E-state index contributed by atoms with van der Waals surface area (Å²) in [5, 5.41) is 3.49. The second kappa shape index (κ2) is 7.72. The van der Waals surface area contributed by atoms with E-state index in [0.717, 1.165) is 13.0 Å². The van der Waals surface area contributed by atoms with E-state index in [-0.39, 0.29) is 0 Å². The van der Waals surface area contributed by atoms with Gasteiger partial charge in [0.25, 0.3) is 0 Å². The van der Waals surface area contributed by atoms with Crippen LogP contribution < -0.4 is 5.32 Å². The molecule has 0 saturated heterocycles. The molecule has 1 heteroatoms. The molecule has 1 aromatic rings. The smallest absolute Gasteiger partial charge is 0.0375 e. The molecular formula is C16H23N. The standard InChI is InChI=1S/C16H23N/c1-4-6-8-10-15-11-9-12-16(14(15)3)17-13-7-5-2/h4,8-12,17H,1,5-7,13H2,2-3H3/b10-8+. The van der Waals surface area contributed by atoms with E-state index in [9.17, 15) is 0 Å². The van der Waals surface area contributed by atoms with Crippen molar-refractivity contribution in [3.8, 4) is 0 Å². The van der Waals surface area contributed by atoms with Gasteiger partial charge in [0.2, 0.25) is 0 Å². The summed E-state index contributed by atoms with van der Waals surface area (Å²) in [7, 11) is 0. The van der Waals surface area contributed by atoms with E-state index < -0.39 is 0 Å². The number of hydrogen-bond donors (Lipinski definition) is 1. The molecule has 0 bridgehead atoms. The molecule has 0 spiro atoms. The molecule has 0 radical (unpaired) electrons. The van der Waals surface area contributed by atoms with Crippen molar-refractivity contribution in [2.75, 3.05) is 11.9 Å². The maximum absolute atomic E-state index is 3.72. The molecule has 0 fully saturated rings. The van der Waals surface area contributed by atoms with Crippen molar-refractivity contribution in [3.63, 3.8) is 0 Å². The largest absolute Gasteiger partial charge is 0.385 e. The zero-order valence-electron chi connectivity index (χ0n) is 11.0. The Balaban J connectivity index is 2.72. The van der Waals surface area contributed by atoms with Crippen molar-refractivity contribution in [3.05, 3.63) is 48.1 Å². The van der Waals surface area contributed by atoms with Crippen LogP contribution in [0.15, 0.2) is 36.9 Å². The van der Waals surface area contributed by atoms with Crippen LogP contribution in [0.3, 0.4) is 0 Å². The fourth-order valence-corrected chi connectivity index (χ4v) is 1.72. The fourth-order valence-electron chi connectivity index (χ4n) is 1.72. The first-order valence-electron chi connectivity index (χ1n) is 6.40. The Kier molecular flexibility index (Phi) is 6.16. The Morgan fingerprint density at radius 3 is 2.88 bits per heavy atom. The first-order valence-corrected chi connectivity index (χ1v) is 6.40. The molecule has 0 saturated carbocycles. The van der Waals surface area contributed by atoms with Gasteiger partial charge in [0.1, 0.15) is 0 Å². The van der Waals surface area contributed by atoms with Gasteiger partial charge in [-0.2, -0.15) is 0 Å². The van der Waals surface area contributed by atoms with Gasteiger partial charge in [-0.1, -0.05) is 43.7 Å². The summed E-state index contributed by atoms with van der Waals surface area (Å²) < 4.78 is 0. The molecular weight excluding hydrogens is 206 g/mol. The molecule has 0 heterocycles. The summed E-state index contributed by atoms with van der Waals surface area (Å²) in [6.07, 6.45) is 9.59. The van der Waals surface area contributed by atoms with E-state index >= 15 is 0 Å². The maximum atomic E-state index is 3.72. The lowest BCUT2D eigenvalue weighted by Gasteiger charge is -2.11. The number of nitrogens with one attached hydrogen (secondary N) is 1.